The van der Waals surface area contributed by atoms with Crippen molar-refractivity contribution in [1.29, 1.82) is 0 Å². The summed E-state index contributed by atoms with van der Waals surface area (Å²) in [5.41, 5.74) is 3.62. The molecule has 6 aromatic rings. The van der Waals surface area contributed by atoms with E-state index in [0.29, 0.717) is 22.5 Å². The van der Waals surface area contributed by atoms with Crippen LogP contribution in [0.15, 0.2) is 116 Å². The molecule has 0 aliphatic heterocycles. The third-order valence-corrected chi connectivity index (χ3v) is 7.93. The molecule has 6 rings (SSSR count). The summed E-state index contributed by atoms with van der Waals surface area (Å²) in [5, 5.41) is 44.6. The van der Waals surface area contributed by atoms with E-state index in [-0.39, 0.29) is 23.0 Å². The average molecular weight is 682 g/mol. The van der Waals surface area contributed by atoms with Crippen LogP contribution in [-0.4, -0.2) is 32.9 Å². The van der Waals surface area contributed by atoms with E-state index in [9.17, 15) is 20.4 Å². The number of para-hydroxylation sites is 2. The second kappa shape index (κ2) is 11.3. The summed E-state index contributed by atoms with van der Waals surface area (Å²) in [7, 11) is 0. The molecule has 0 unspecified atom stereocenters. The topological polar surface area (TPSA) is 106 Å². The molecule has 8 heteroatoms. The molecule has 0 amide bonds. The van der Waals surface area contributed by atoms with Gasteiger partial charge in [0.05, 0.1) is 11.4 Å². The third kappa shape index (κ3) is 5.22. The highest BCUT2D eigenvalue weighted by Gasteiger charge is 2.18. The van der Waals surface area contributed by atoms with Gasteiger partial charge in [-0.05, 0) is 82.2 Å². The molecule has 0 atom stereocenters. The van der Waals surface area contributed by atoms with Crippen molar-refractivity contribution in [1.82, 2.24) is 0 Å². The zero-order chi connectivity index (χ0) is 29.4. The molecule has 6 nitrogen and oxygen atoms in total. The summed E-state index contributed by atoms with van der Waals surface area (Å²) in [6.45, 7) is 0. The molecule has 42 heavy (non-hydrogen) atoms. The fraction of sp³-hybridized carbons (Fsp3) is 0. The van der Waals surface area contributed by atoms with Crippen LogP contribution in [0.3, 0.4) is 0 Å². The quantitative estimate of drug-likeness (QED) is 0.107. The van der Waals surface area contributed by atoms with Crippen LogP contribution in [0, 0.1) is 0 Å². The number of phenolic OH excluding ortho intramolecular Hbond substituents is 4. The van der Waals surface area contributed by atoms with E-state index in [4.69, 9.17) is 9.98 Å². The minimum Gasteiger partial charge on any atom is -0.504 e. The predicted molar refractivity (Wildman–Crippen MR) is 176 cm³/mol. The molecular formula is C34H22Br2N2O4. The van der Waals surface area contributed by atoms with Gasteiger partial charge in [-0.3, -0.25) is 9.98 Å². The number of fused-ring (bicyclic) bond motifs is 2. The highest BCUT2D eigenvalue weighted by atomic mass is 79.9. The number of nitrogens with zero attached hydrogens (tertiary/aromatic N) is 2. The molecule has 0 saturated heterocycles. The van der Waals surface area contributed by atoms with Gasteiger partial charge in [0, 0.05) is 43.6 Å². The van der Waals surface area contributed by atoms with Crippen molar-refractivity contribution in [2.75, 3.05) is 0 Å². The highest BCUT2D eigenvalue weighted by Crippen LogP contribution is 2.46. The van der Waals surface area contributed by atoms with E-state index in [0.717, 1.165) is 41.6 Å². The molecule has 0 heterocycles. The highest BCUT2D eigenvalue weighted by molar-refractivity contribution is 9.10. The van der Waals surface area contributed by atoms with Crippen LogP contribution in [-0.2, 0) is 0 Å². The van der Waals surface area contributed by atoms with Crippen LogP contribution >= 0.6 is 31.9 Å². The lowest BCUT2D eigenvalue weighted by molar-refractivity contribution is 0.403. The molecule has 206 valence electrons. The van der Waals surface area contributed by atoms with Gasteiger partial charge >= 0.3 is 0 Å². The largest absolute Gasteiger partial charge is 0.504 e. The average Bonchev–Trinajstić information content (AvgIpc) is 2.98. The van der Waals surface area contributed by atoms with E-state index in [1.807, 2.05) is 60.7 Å². The van der Waals surface area contributed by atoms with Gasteiger partial charge in [0.1, 0.15) is 0 Å². The van der Waals surface area contributed by atoms with Gasteiger partial charge in [0.2, 0.25) is 0 Å². The van der Waals surface area contributed by atoms with Crippen molar-refractivity contribution in [2.24, 2.45) is 9.98 Å². The lowest BCUT2D eigenvalue weighted by atomic mass is 9.91. The van der Waals surface area contributed by atoms with Crippen LogP contribution in [0.2, 0.25) is 0 Å². The molecule has 0 aliphatic carbocycles. The van der Waals surface area contributed by atoms with E-state index in [1.54, 1.807) is 24.3 Å². The van der Waals surface area contributed by atoms with Crippen molar-refractivity contribution in [3.8, 4) is 34.1 Å². The van der Waals surface area contributed by atoms with Crippen LogP contribution < -0.4 is 0 Å². The summed E-state index contributed by atoms with van der Waals surface area (Å²) in [6.07, 6.45) is 3.04. The number of phenols is 4. The van der Waals surface area contributed by atoms with Gasteiger partial charge in [-0.15, -0.1) is 0 Å². The molecule has 0 aliphatic rings. The Morgan fingerprint density at radius 3 is 1.36 bits per heavy atom. The molecule has 4 N–H and O–H groups in total. The van der Waals surface area contributed by atoms with Gasteiger partial charge in [0.25, 0.3) is 0 Å². The van der Waals surface area contributed by atoms with Gasteiger partial charge in [0.15, 0.2) is 23.0 Å². The number of hydrogen-bond acceptors (Lipinski definition) is 6. The number of rotatable bonds is 5. The van der Waals surface area contributed by atoms with E-state index < -0.39 is 0 Å². The van der Waals surface area contributed by atoms with Crippen LogP contribution in [0.4, 0.5) is 11.4 Å². The molecule has 0 bridgehead atoms. The van der Waals surface area contributed by atoms with Crippen LogP contribution in [0.5, 0.6) is 23.0 Å². The SMILES string of the molecule is Oc1cccc(/C=N/c2ccc3cc(Br)ccc3c2-c2c(/N=C/c3cccc(O)c3O)ccc3cc(Br)ccc23)c1O. The Labute approximate surface area is 257 Å². The Balaban J connectivity index is 1.65. The van der Waals surface area contributed by atoms with E-state index >= 15 is 0 Å². The Hall–Kier alpha value is -4.66. The fourth-order valence-corrected chi connectivity index (χ4v) is 5.66. The number of benzene rings is 6. The molecule has 0 radical (unpaired) electrons. The Morgan fingerprint density at radius 1 is 0.500 bits per heavy atom. The number of hydrogen-bond donors (Lipinski definition) is 4. The zero-order valence-electron chi connectivity index (χ0n) is 21.8. The van der Waals surface area contributed by atoms with Gasteiger partial charge in [-0.25, -0.2) is 0 Å². The van der Waals surface area contributed by atoms with Gasteiger partial charge < -0.3 is 20.4 Å². The third-order valence-electron chi connectivity index (χ3n) is 6.95. The molecule has 0 aromatic heterocycles. The summed E-state index contributed by atoms with van der Waals surface area (Å²) >= 11 is 7.16. The number of aromatic hydroxyl groups is 4. The molecule has 0 spiro atoms. The standard InChI is InChI=1S/C34H22Br2N2O4/c35-23-9-11-25-19(15-23)7-13-27(37-17-21-3-1-5-29(39)33(21)41)31(25)32-26-12-10-24(36)16-20(26)8-14-28(32)38-18-22-4-2-6-30(40)34(22)42/h1-18,39-42H/b37-17+,38-18+. The summed E-state index contributed by atoms with van der Waals surface area (Å²) in [5.74, 6) is -0.958. The number of aliphatic imine (C=N–C) groups is 2. The maximum Gasteiger partial charge on any atom is 0.166 e. The van der Waals surface area contributed by atoms with Crippen LogP contribution in [0.1, 0.15) is 11.1 Å². The van der Waals surface area contributed by atoms with Crippen molar-refractivity contribution >= 4 is 77.2 Å². The zero-order valence-corrected chi connectivity index (χ0v) is 25.0. The molecule has 6 aromatic carbocycles. The number of halogens is 2. The van der Waals surface area contributed by atoms with Crippen molar-refractivity contribution in [2.45, 2.75) is 0 Å². The first-order valence-corrected chi connectivity index (χ1v) is 14.4. The van der Waals surface area contributed by atoms with Crippen molar-refractivity contribution in [3.63, 3.8) is 0 Å². The minimum absolute atomic E-state index is 0.228. The van der Waals surface area contributed by atoms with Crippen LogP contribution in [0.25, 0.3) is 32.7 Å². The second-order valence-electron chi connectivity index (χ2n) is 9.60. The maximum atomic E-state index is 10.4. The lowest BCUT2D eigenvalue weighted by Crippen LogP contribution is -1.90. The molecule has 0 saturated carbocycles. The first-order chi connectivity index (χ1) is 20.3. The monoisotopic (exact) mass is 680 g/mol. The smallest absolute Gasteiger partial charge is 0.166 e. The fourth-order valence-electron chi connectivity index (χ4n) is 4.90. The summed E-state index contributed by atoms with van der Waals surface area (Å²) in [4.78, 5) is 9.59. The second-order valence-corrected chi connectivity index (χ2v) is 11.4. The van der Waals surface area contributed by atoms with Gasteiger partial charge in [-0.1, -0.05) is 68.3 Å². The lowest BCUT2D eigenvalue weighted by Gasteiger charge is -2.16. The predicted octanol–water partition coefficient (Wildman–Crippen LogP) is 9.51. The Bertz CT molecular complexity index is 1920. The molecule has 0 fully saturated rings. The van der Waals surface area contributed by atoms with E-state index in [2.05, 4.69) is 31.9 Å². The summed E-state index contributed by atoms with van der Waals surface area (Å²) < 4.78 is 1.86. The Morgan fingerprint density at radius 2 is 0.929 bits per heavy atom. The summed E-state index contributed by atoms with van der Waals surface area (Å²) in [6, 6.07) is 29.3. The minimum atomic E-state index is -0.251. The van der Waals surface area contributed by atoms with Crippen molar-refractivity contribution < 1.29 is 20.4 Å². The molecular weight excluding hydrogens is 660 g/mol. The normalized spacial score (nSPS) is 11.8. The maximum absolute atomic E-state index is 10.4. The van der Waals surface area contributed by atoms with Crippen molar-refractivity contribution in [3.05, 3.63) is 117 Å². The Kier molecular flexibility index (Phi) is 7.41. The van der Waals surface area contributed by atoms with E-state index in [1.165, 1.54) is 24.6 Å². The first kappa shape index (κ1) is 27.5. The first-order valence-electron chi connectivity index (χ1n) is 12.8. The van der Waals surface area contributed by atoms with Gasteiger partial charge in [-0.2, -0.15) is 0 Å².